The van der Waals surface area contributed by atoms with Crippen LogP contribution in [0.15, 0.2) is 42.5 Å². The first kappa shape index (κ1) is 15.4. The highest BCUT2D eigenvalue weighted by Crippen LogP contribution is 2.24. The number of nitro groups is 1. The van der Waals surface area contributed by atoms with Crippen molar-refractivity contribution in [3.05, 3.63) is 74.5 Å². The third kappa shape index (κ3) is 3.77. The standard InChI is InChI=1S/C15H14ClFN2O2/c1-10(13-4-2-3-5-14(13)17)18-9-11-6-7-12(16)8-15(11)19(20)21/h2-8,10,18H,9H2,1H3/t10-/m1/s1. The topological polar surface area (TPSA) is 55.2 Å². The van der Waals surface area contributed by atoms with Gasteiger partial charge in [-0.25, -0.2) is 4.39 Å². The summed E-state index contributed by atoms with van der Waals surface area (Å²) >= 11 is 5.77. The first-order valence-corrected chi connectivity index (χ1v) is 6.77. The van der Waals surface area contributed by atoms with Gasteiger partial charge in [-0.05, 0) is 25.1 Å². The molecule has 0 fully saturated rings. The van der Waals surface area contributed by atoms with Crippen molar-refractivity contribution in [2.75, 3.05) is 0 Å². The van der Waals surface area contributed by atoms with E-state index in [0.717, 1.165) is 0 Å². The molecule has 0 bridgehead atoms. The summed E-state index contributed by atoms with van der Waals surface area (Å²) in [4.78, 5) is 10.5. The van der Waals surface area contributed by atoms with Crippen LogP contribution in [-0.2, 0) is 6.54 Å². The van der Waals surface area contributed by atoms with E-state index in [1.165, 1.54) is 12.1 Å². The van der Waals surface area contributed by atoms with Gasteiger partial charge in [0, 0.05) is 34.8 Å². The molecule has 0 unspecified atom stereocenters. The van der Waals surface area contributed by atoms with Crippen molar-refractivity contribution in [3.63, 3.8) is 0 Å². The molecule has 0 amide bonds. The summed E-state index contributed by atoms with van der Waals surface area (Å²) in [6.07, 6.45) is 0. The quantitative estimate of drug-likeness (QED) is 0.664. The predicted octanol–water partition coefficient (Wildman–Crippen LogP) is 4.24. The van der Waals surface area contributed by atoms with E-state index in [0.29, 0.717) is 16.1 Å². The van der Waals surface area contributed by atoms with Gasteiger partial charge in [0.05, 0.1) is 4.92 Å². The van der Waals surface area contributed by atoms with E-state index >= 15 is 0 Å². The first-order valence-electron chi connectivity index (χ1n) is 6.39. The molecule has 0 aliphatic rings. The maximum atomic E-state index is 13.7. The average Bonchev–Trinajstić information content (AvgIpc) is 2.46. The molecule has 0 spiro atoms. The van der Waals surface area contributed by atoms with E-state index in [-0.39, 0.29) is 24.1 Å². The van der Waals surface area contributed by atoms with E-state index in [1.54, 1.807) is 37.3 Å². The minimum absolute atomic E-state index is 0.0456. The van der Waals surface area contributed by atoms with Crippen molar-refractivity contribution in [1.82, 2.24) is 5.32 Å². The predicted molar refractivity (Wildman–Crippen MR) is 79.8 cm³/mol. The molecule has 6 heteroatoms. The summed E-state index contributed by atoms with van der Waals surface area (Å²) in [5.74, 6) is -0.303. The number of hydrogen-bond acceptors (Lipinski definition) is 3. The minimum Gasteiger partial charge on any atom is -0.306 e. The Morgan fingerprint density at radius 2 is 2.05 bits per heavy atom. The van der Waals surface area contributed by atoms with Crippen molar-refractivity contribution in [2.45, 2.75) is 19.5 Å². The molecule has 1 N–H and O–H groups in total. The van der Waals surface area contributed by atoms with E-state index in [2.05, 4.69) is 5.32 Å². The fourth-order valence-electron chi connectivity index (χ4n) is 2.06. The van der Waals surface area contributed by atoms with Crippen molar-refractivity contribution < 1.29 is 9.31 Å². The third-order valence-electron chi connectivity index (χ3n) is 3.21. The second-order valence-corrected chi connectivity index (χ2v) is 5.09. The van der Waals surface area contributed by atoms with E-state index in [1.807, 2.05) is 0 Å². The van der Waals surface area contributed by atoms with Crippen LogP contribution in [0.1, 0.15) is 24.1 Å². The molecule has 0 radical (unpaired) electrons. The van der Waals surface area contributed by atoms with Crippen LogP contribution < -0.4 is 5.32 Å². The zero-order valence-corrected chi connectivity index (χ0v) is 12.1. The Balaban J connectivity index is 2.13. The van der Waals surface area contributed by atoms with Crippen LogP contribution in [0, 0.1) is 15.9 Å². The van der Waals surface area contributed by atoms with Crippen LogP contribution in [0.5, 0.6) is 0 Å². The zero-order chi connectivity index (χ0) is 15.4. The van der Waals surface area contributed by atoms with Crippen molar-refractivity contribution in [1.29, 1.82) is 0 Å². The molecule has 2 aromatic carbocycles. The van der Waals surface area contributed by atoms with E-state index in [4.69, 9.17) is 11.6 Å². The van der Waals surface area contributed by atoms with Crippen LogP contribution >= 0.6 is 11.6 Å². The lowest BCUT2D eigenvalue weighted by atomic mass is 10.1. The largest absolute Gasteiger partial charge is 0.306 e. The van der Waals surface area contributed by atoms with Gasteiger partial charge in [-0.3, -0.25) is 10.1 Å². The second kappa shape index (κ2) is 6.65. The minimum atomic E-state index is -0.476. The molecule has 1 atom stereocenters. The Labute approximate surface area is 126 Å². The molecule has 4 nitrogen and oxygen atoms in total. The number of benzene rings is 2. The van der Waals surface area contributed by atoms with E-state index in [9.17, 15) is 14.5 Å². The normalized spacial score (nSPS) is 12.1. The summed E-state index contributed by atoms with van der Waals surface area (Å²) in [5.41, 5.74) is 0.984. The third-order valence-corrected chi connectivity index (χ3v) is 3.45. The summed E-state index contributed by atoms with van der Waals surface area (Å²) in [6.45, 7) is 2.06. The molecular formula is C15H14ClFN2O2. The number of nitrogens with zero attached hydrogens (tertiary/aromatic N) is 1. The number of nitrogens with one attached hydrogen (secondary N) is 1. The fraction of sp³-hybridized carbons (Fsp3) is 0.200. The monoisotopic (exact) mass is 308 g/mol. The summed E-state index contributed by atoms with van der Waals surface area (Å²) < 4.78 is 13.7. The SMILES string of the molecule is C[C@@H](NCc1ccc(Cl)cc1[N+](=O)[O-])c1ccccc1F. The Bertz CT molecular complexity index is 664. The van der Waals surface area contributed by atoms with Crippen molar-refractivity contribution in [3.8, 4) is 0 Å². The number of rotatable bonds is 5. The number of hydrogen-bond donors (Lipinski definition) is 1. The Morgan fingerprint density at radius 3 is 2.71 bits per heavy atom. The molecule has 2 aromatic rings. The molecular weight excluding hydrogens is 295 g/mol. The maximum Gasteiger partial charge on any atom is 0.275 e. The summed E-state index contributed by atoms with van der Waals surface area (Å²) in [6, 6.07) is 10.7. The van der Waals surface area contributed by atoms with Crippen LogP contribution in [0.25, 0.3) is 0 Å². The van der Waals surface area contributed by atoms with Crippen LogP contribution in [-0.4, -0.2) is 4.92 Å². The van der Waals surface area contributed by atoms with Gasteiger partial charge in [-0.1, -0.05) is 29.8 Å². The maximum absolute atomic E-state index is 13.7. The average molecular weight is 309 g/mol. The van der Waals surface area contributed by atoms with Gasteiger partial charge in [0.25, 0.3) is 5.69 Å². The number of halogens is 2. The molecule has 110 valence electrons. The summed E-state index contributed by atoms with van der Waals surface area (Å²) in [5, 5.41) is 14.4. The highest BCUT2D eigenvalue weighted by molar-refractivity contribution is 6.30. The van der Waals surface area contributed by atoms with Gasteiger partial charge in [0.2, 0.25) is 0 Å². The zero-order valence-electron chi connectivity index (χ0n) is 11.3. The molecule has 0 aliphatic carbocycles. The smallest absolute Gasteiger partial charge is 0.275 e. The van der Waals surface area contributed by atoms with E-state index < -0.39 is 4.92 Å². The highest BCUT2D eigenvalue weighted by Gasteiger charge is 2.16. The fourth-order valence-corrected chi connectivity index (χ4v) is 2.22. The lowest BCUT2D eigenvalue weighted by molar-refractivity contribution is -0.385. The first-order chi connectivity index (χ1) is 9.99. The summed E-state index contributed by atoms with van der Waals surface area (Å²) in [7, 11) is 0. The van der Waals surface area contributed by atoms with Crippen molar-refractivity contribution >= 4 is 17.3 Å². The number of nitro benzene ring substituents is 1. The Morgan fingerprint density at radius 1 is 1.33 bits per heavy atom. The molecule has 0 saturated heterocycles. The van der Waals surface area contributed by atoms with Gasteiger partial charge in [0.1, 0.15) is 5.82 Å². The van der Waals surface area contributed by atoms with Crippen molar-refractivity contribution in [2.24, 2.45) is 0 Å². The molecule has 0 aliphatic heterocycles. The lowest BCUT2D eigenvalue weighted by Crippen LogP contribution is -2.19. The second-order valence-electron chi connectivity index (χ2n) is 4.65. The van der Waals surface area contributed by atoms with Gasteiger partial charge in [-0.2, -0.15) is 0 Å². The molecule has 2 rings (SSSR count). The molecule has 21 heavy (non-hydrogen) atoms. The highest BCUT2D eigenvalue weighted by atomic mass is 35.5. The lowest BCUT2D eigenvalue weighted by Gasteiger charge is -2.15. The van der Waals surface area contributed by atoms with Gasteiger partial charge >= 0.3 is 0 Å². The van der Waals surface area contributed by atoms with Crippen LogP contribution in [0.4, 0.5) is 10.1 Å². The Kier molecular flexibility index (Phi) is 4.88. The Hall–Kier alpha value is -1.98. The van der Waals surface area contributed by atoms with Crippen LogP contribution in [0.2, 0.25) is 5.02 Å². The molecule has 0 heterocycles. The molecule has 0 saturated carbocycles. The van der Waals surface area contributed by atoms with Crippen LogP contribution in [0.3, 0.4) is 0 Å². The molecule has 0 aromatic heterocycles. The van der Waals surface area contributed by atoms with Gasteiger partial charge in [-0.15, -0.1) is 0 Å². The van der Waals surface area contributed by atoms with Gasteiger partial charge in [0.15, 0.2) is 0 Å². The van der Waals surface area contributed by atoms with Gasteiger partial charge < -0.3 is 5.32 Å².